The van der Waals surface area contributed by atoms with E-state index in [1.807, 2.05) is 6.92 Å². The van der Waals surface area contributed by atoms with Gasteiger partial charge in [-0.1, -0.05) is 30.1 Å². The summed E-state index contributed by atoms with van der Waals surface area (Å²) in [5.74, 6) is -0.0924. The Morgan fingerprint density at radius 3 is 2.67 bits per heavy atom. The number of ether oxygens (including phenoxy) is 1. The highest BCUT2D eigenvalue weighted by Gasteiger charge is 2.18. The first kappa shape index (κ1) is 21.6. The fraction of sp³-hybridized carbons (Fsp3) is 0.200. The van der Waals surface area contributed by atoms with Crippen molar-refractivity contribution in [2.75, 3.05) is 5.32 Å². The summed E-state index contributed by atoms with van der Waals surface area (Å²) in [6, 6.07) is 9.13. The molecular weight excluding hydrogens is 431 g/mol. The van der Waals surface area contributed by atoms with Gasteiger partial charge in [0.15, 0.2) is 0 Å². The van der Waals surface area contributed by atoms with Crippen molar-refractivity contribution >= 4 is 40.5 Å². The molecule has 10 heteroatoms. The van der Waals surface area contributed by atoms with Crippen molar-refractivity contribution in [2.24, 2.45) is 5.92 Å². The number of aromatic nitrogens is 2. The highest BCUT2D eigenvalue weighted by Crippen LogP contribution is 2.31. The summed E-state index contributed by atoms with van der Waals surface area (Å²) in [6.07, 6.45) is 3.09. The molecule has 0 bridgehead atoms. The van der Waals surface area contributed by atoms with Crippen LogP contribution < -0.4 is 10.1 Å². The van der Waals surface area contributed by atoms with E-state index in [-0.39, 0.29) is 23.0 Å². The first-order valence-corrected chi connectivity index (χ1v) is 9.69. The van der Waals surface area contributed by atoms with Gasteiger partial charge in [-0.2, -0.15) is 5.10 Å². The minimum atomic E-state index is -0.551. The topological polar surface area (TPSA) is 99.3 Å². The molecule has 1 heterocycles. The lowest BCUT2D eigenvalue weighted by Gasteiger charge is -2.14. The van der Waals surface area contributed by atoms with E-state index < -0.39 is 10.8 Å². The molecule has 30 heavy (non-hydrogen) atoms. The van der Waals surface area contributed by atoms with Gasteiger partial charge in [-0.15, -0.1) is 0 Å². The van der Waals surface area contributed by atoms with Crippen LogP contribution >= 0.6 is 23.2 Å². The van der Waals surface area contributed by atoms with Crippen LogP contribution in [-0.4, -0.2) is 20.6 Å². The van der Waals surface area contributed by atoms with Crippen molar-refractivity contribution in [3.8, 4) is 11.5 Å². The fourth-order valence-electron chi connectivity index (χ4n) is 2.70. The molecule has 1 atom stereocenters. The van der Waals surface area contributed by atoms with Gasteiger partial charge >= 0.3 is 0 Å². The van der Waals surface area contributed by atoms with Crippen molar-refractivity contribution < 1.29 is 14.5 Å². The molecule has 3 aromatic rings. The van der Waals surface area contributed by atoms with Gasteiger partial charge in [-0.25, -0.2) is 0 Å². The second kappa shape index (κ2) is 9.15. The first-order valence-electron chi connectivity index (χ1n) is 8.93. The lowest BCUT2D eigenvalue weighted by atomic mass is 10.1. The number of nitrogens with one attached hydrogen (secondary N) is 1. The minimum absolute atomic E-state index is 0.208. The number of anilines is 1. The molecule has 0 radical (unpaired) electrons. The summed E-state index contributed by atoms with van der Waals surface area (Å²) in [5.41, 5.74) is 0.848. The van der Waals surface area contributed by atoms with Crippen LogP contribution in [0.1, 0.15) is 12.5 Å². The third-order valence-corrected chi connectivity index (χ3v) is 4.86. The molecule has 0 fully saturated rings. The molecule has 1 unspecified atom stereocenters. The minimum Gasteiger partial charge on any atom is -0.457 e. The van der Waals surface area contributed by atoms with E-state index in [2.05, 4.69) is 10.4 Å². The number of nitro groups is 1. The van der Waals surface area contributed by atoms with Crippen molar-refractivity contribution in [2.45, 2.75) is 20.4 Å². The Hall–Kier alpha value is -3.10. The molecule has 1 N–H and O–H groups in total. The van der Waals surface area contributed by atoms with Crippen LogP contribution in [0.25, 0.3) is 0 Å². The number of hydrogen-bond donors (Lipinski definition) is 1. The maximum atomic E-state index is 12.5. The van der Waals surface area contributed by atoms with Gasteiger partial charge in [0.25, 0.3) is 5.69 Å². The summed E-state index contributed by atoms with van der Waals surface area (Å²) in [4.78, 5) is 23.3. The van der Waals surface area contributed by atoms with Gasteiger partial charge in [0.2, 0.25) is 5.91 Å². The quantitative estimate of drug-likeness (QED) is 0.381. The maximum absolute atomic E-state index is 12.5. The number of carbonyl (C=O) groups excluding carboxylic acids is 1. The molecular formula is C20H18Cl2N4O4. The Morgan fingerprint density at radius 1 is 1.27 bits per heavy atom. The van der Waals surface area contributed by atoms with Crippen LogP contribution in [0.3, 0.4) is 0 Å². The Labute approximate surface area is 182 Å². The molecule has 2 aromatic carbocycles. The molecule has 0 saturated heterocycles. The van der Waals surface area contributed by atoms with Crippen LogP contribution in [0.5, 0.6) is 11.5 Å². The van der Waals surface area contributed by atoms with Gasteiger partial charge in [0, 0.05) is 23.4 Å². The number of halogens is 2. The predicted molar refractivity (Wildman–Crippen MR) is 114 cm³/mol. The molecule has 0 aliphatic rings. The number of benzene rings is 2. The highest BCUT2D eigenvalue weighted by atomic mass is 35.5. The third kappa shape index (κ3) is 5.49. The van der Waals surface area contributed by atoms with Crippen molar-refractivity contribution in [1.29, 1.82) is 0 Å². The van der Waals surface area contributed by atoms with E-state index in [0.717, 1.165) is 5.56 Å². The fourth-order valence-corrected chi connectivity index (χ4v) is 2.98. The van der Waals surface area contributed by atoms with Gasteiger partial charge in [-0.05, 0) is 30.7 Å². The van der Waals surface area contributed by atoms with E-state index >= 15 is 0 Å². The second-order valence-electron chi connectivity index (χ2n) is 6.76. The molecule has 0 spiro atoms. The first-order chi connectivity index (χ1) is 14.2. The number of hydrogen-bond acceptors (Lipinski definition) is 5. The predicted octanol–water partition coefficient (Wildman–Crippen LogP) is 5.47. The van der Waals surface area contributed by atoms with Crippen molar-refractivity contribution in [3.05, 3.63) is 74.5 Å². The zero-order valence-electron chi connectivity index (χ0n) is 16.1. The number of rotatable bonds is 7. The van der Waals surface area contributed by atoms with E-state index in [4.69, 9.17) is 27.9 Å². The molecule has 0 aliphatic carbocycles. The second-order valence-corrected chi connectivity index (χ2v) is 7.60. The molecule has 156 valence electrons. The van der Waals surface area contributed by atoms with Gasteiger partial charge in [0.05, 0.1) is 40.4 Å². The van der Waals surface area contributed by atoms with Crippen LogP contribution in [0.15, 0.2) is 48.8 Å². The smallest absolute Gasteiger partial charge is 0.275 e. The van der Waals surface area contributed by atoms with Gasteiger partial charge in [0.1, 0.15) is 11.5 Å². The molecule has 0 saturated carbocycles. The van der Waals surface area contributed by atoms with E-state index in [1.54, 1.807) is 36.0 Å². The standard InChI is InChI=1S/C20H18Cl2N4O4/c1-12-5-17(3-4-19(12)22)30-18-7-15(6-16(8-18)26(28)29)24-20(27)13(2)10-25-11-14(21)9-23-25/h3-9,11,13H,10H2,1-2H3,(H,24,27). The lowest BCUT2D eigenvalue weighted by molar-refractivity contribution is -0.384. The SMILES string of the molecule is Cc1cc(Oc2cc(NC(=O)C(C)Cn3cc(Cl)cn3)cc([N+](=O)[O-])c2)ccc1Cl. The summed E-state index contributed by atoms with van der Waals surface area (Å²) >= 11 is 11.8. The van der Waals surface area contributed by atoms with Crippen LogP contribution in [0.2, 0.25) is 10.0 Å². The van der Waals surface area contributed by atoms with Crippen molar-refractivity contribution in [3.63, 3.8) is 0 Å². The normalized spacial score (nSPS) is 11.7. The Morgan fingerprint density at radius 2 is 2.03 bits per heavy atom. The van der Waals surface area contributed by atoms with Crippen LogP contribution in [0.4, 0.5) is 11.4 Å². The number of carbonyl (C=O) groups is 1. The average Bonchev–Trinajstić information content (AvgIpc) is 3.09. The number of aryl methyl sites for hydroxylation is 1. The molecule has 1 amide bonds. The number of amides is 1. The van der Waals surface area contributed by atoms with E-state index in [0.29, 0.717) is 22.3 Å². The molecule has 3 rings (SSSR count). The Bertz CT molecular complexity index is 1100. The number of nitrogens with zero attached hydrogens (tertiary/aromatic N) is 3. The summed E-state index contributed by atoms with van der Waals surface area (Å²) in [5, 5.41) is 19.1. The molecule has 1 aromatic heterocycles. The number of nitro benzene ring substituents is 1. The largest absolute Gasteiger partial charge is 0.457 e. The Balaban J connectivity index is 1.78. The van der Waals surface area contributed by atoms with Crippen LogP contribution in [0, 0.1) is 23.0 Å². The Kier molecular flexibility index (Phi) is 6.59. The zero-order chi connectivity index (χ0) is 21.8. The monoisotopic (exact) mass is 448 g/mol. The van der Waals surface area contributed by atoms with Gasteiger partial charge in [-0.3, -0.25) is 19.6 Å². The maximum Gasteiger partial charge on any atom is 0.275 e. The van der Waals surface area contributed by atoms with Crippen molar-refractivity contribution in [1.82, 2.24) is 9.78 Å². The summed E-state index contributed by atoms with van der Waals surface area (Å²) in [6.45, 7) is 3.85. The van der Waals surface area contributed by atoms with E-state index in [9.17, 15) is 14.9 Å². The van der Waals surface area contributed by atoms with Gasteiger partial charge < -0.3 is 10.1 Å². The third-order valence-electron chi connectivity index (χ3n) is 4.24. The zero-order valence-corrected chi connectivity index (χ0v) is 17.6. The lowest BCUT2D eigenvalue weighted by Crippen LogP contribution is -2.24. The summed E-state index contributed by atoms with van der Waals surface area (Å²) < 4.78 is 7.30. The summed E-state index contributed by atoms with van der Waals surface area (Å²) in [7, 11) is 0. The molecule has 8 nitrogen and oxygen atoms in total. The highest BCUT2D eigenvalue weighted by molar-refractivity contribution is 6.31. The van der Waals surface area contributed by atoms with E-state index in [1.165, 1.54) is 24.4 Å². The number of non-ortho nitro benzene ring substituents is 1. The van der Waals surface area contributed by atoms with Crippen LogP contribution in [-0.2, 0) is 11.3 Å². The average molecular weight is 449 g/mol. The molecule has 0 aliphatic heterocycles.